The van der Waals surface area contributed by atoms with Crippen LogP contribution in [-0.4, -0.2) is 18.5 Å². The largest absolute Gasteiger partial charge is 0.505 e. The second-order valence-corrected chi connectivity index (χ2v) is 8.20. The number of hydrogen-bond donors (Lipinski definition) is 3. The molecule has 0 radical (unpaired) electrons. The maximum Gasteiger partial charge on any atom is 0.238 e. The number of phenols is 1. The lowest BCUT2D eigenvalue weighted by molar-refractivity contribution is 0.472. The van der Waals surface area contributed by atoms with E-state index in [0.29, 0.717) is 16.8 Å². The summed E-state index contributed by atoms with van der Waals surface area (Å²) in [5.41, 5.74) is 2.82. The molecule has 146 valence electrons. The van der Waals surface area contributed by atoms with Gasteiger partial charge in [-0.25, -0.2) is 13.6 Å². The Balaban J connectivity index is 1.78. The zero-order valence-corrected chi connectivity index (χ0v) is 16.2. The van der Waals surface area contributed by atoms with E-state index in [-0.39, 0.29) is 16.7 Å². The number of pyridine rings is 1. The Kier molecular flexibility index (Phi) is 4.92. The molecule has 4 N–H and O–H groups in total. The molecule has 1 aromatic heterocycles. The molecule has 0 aliphatic carbocycles. The third-order valence-corrected chi connectivity index (χ3v) is 5.65. The molecule has 4 rings (SSSR count). The highest BCUT2D eigenvalue weighted by Crippen LogP contribution is 2.36. The maximum atomic E-state index is 11.5. The summed E-state index contributed by atoms with van der Waals surface area (Å²) in [6.45, 7) is 0. The van der Waals surface area contributed by atoms with Gasteiger partial charge in [-0.05, 0) is 35.9 Å². The van der Waals surface area contributed by atoms with E-state index in [1.807, 2.05) is 54.6 Å². The van der Waals surface area contributed by atoms with Gasteiger partial charge < -0.3 is 10.4 Å². The minimum absolute atomic E-state index is 0.0389. The number of aromatic nitrogens is 1. The number of nitrogens with two attached hydrogens (primary N) is 1. The lowest BCUT2D eigenvalue weighted by Crippen LogP contribution is -2.14. The van der Waals surface area contributed by atoms with Crippen molar-refractivity contribution in [2.75, 3.05) is 5.32 Å². The van der Waals surface area contributed by atoms with Gasteiger partial charge in [0.15, 0.2) is 0 Å². The highest BCUT2D eigenvalue weighted by Gasteiger charge is 2.20. The molecule has 1 heterocycles. The van der Waals surface area contributed by atoms with Gasteiger partial charge in [0, 0.05) is 22.8 Å². The Labute approximate surface area is 168 Å². The van der Waals surface area contributed by atoms with Gasteiger partial charge >= 0.3 is 0 Å². The SMILES string of the molecule is NS(=O)(=O)c1ccc(NC(c2ccccc2)c2ccc3cccnc3c2O)cc1. The van der Waals surface area contributed by atoms with Crippen molar-refractivity contribution in [1.82, 2.24) is 4.98 Å². The van der Waals surface area contributed by atoms with E-state index in [9.17, 15) is 13.5 Å². The molecule has 0 fully saturated rings. The van der Waals surface area contributed by atoms with E-state index in [4.69, 9.17) is 5.14 Å². The summed E-state index contributed by atoms with van der Waals surface area (Å²) in [5.74, 6) is 0.102. The number of benzene rings is 3. The van der Waals surface area contributed by atoms with Crippen LogP contribution in [0.25, 0.3) is 10.9 Å². The normalized spacial score (nSPS) is 12.6. The summed E-state index contributed by atoms with van der Waals surface area (Å²) in [5, 5.41) is 20.3. The third-order valence-electron chi connectivity index (χ3n) is 4.72. The van der Waals surface area contributed by atoms with E-state index >= 15 is 0 Å². The van der Waals surface area contributed by atoms with E-state index in [1.165, 1.54) is 12.1 Å². The van der Waals surface area contributed by atoms with Crippen LogP contribution in [0.2, 0.25) is 0 Å². The number of sulfonamides is 1. The summed E-state index contributed by atoms with van der Waals surface area (Å²) in [4.78, 5) is 4.34. The Hall–Kier alpha value is -3.42. The average Bonchev–Trinajstić information content (AvgIpc) is 2.73. The minimum atomic E-state index is -3.76. The van der Waals surface area contributed by atoms with Crippen molar-refractivity contribution in [1.29, 1.82) is 0 Å². The molecule has 3 aromatic carbocycles. The van der Waals surface area contributed by atoms with Gasteiger partial charge in [-0.15, -0.1) is 0 Å². The molecule has 0 saturated carbocycles. The Morgan fingerprint density at radius 2 is 1.62 bits per heavy atom. The first-order valence-corrected chi connectivity index (χ1v) is 10.5. The summed E-state index contributed by atoms with van der Waals surface area (Å²) in [6.07, 6.45) is 1.64. The summed E-state index contributed by atoms with van der Waals surface area (Å²) in [6, 6.07) is 23.0. The fraction of sp³-hybridized carbons (Fsp3) is 0.0455. The fourth-order valence-corrected chi connectivity index (χ4v) is 3.79. The standard InChI is InChI=1S/C22H19N3O3S/c23-29(27,28)18-11-9-17(10-12-18)25-20(15-5-2-1-3-6-15)19-13-8-16-7-4-14-24-21(16)22(19)26/h1-14,20,25-26H,(H2,23,27,28). The number of aromatic hydroxyl groups is 1. The lowest BCUT2D eigenvalue weighted by atomic mass is 9.96. The molecule has 1 atom stereocenters. The van der Waals surface area contributed by atoms with E-state index in [0.717, 1.165) is 10.9 Å². The number of anilines is 1. The monoisotopic (exact) mass is 405 g/mol. The predicted molar refractivity (Wildman–Crippen MR) is 113 cm³/mol. The van der Waals surface area contributed by atoms with E-state index in [1.54, 1.807) is 18.3 Å². The van der Waals surface area contributed by atoms with Crippen molar-refractivity contribution in [3.8, 4) is 5.75 Å². The van der Waals surface area contributed by atoms with Crippen LogP contribution in [0.4, 0.5) is 5.69 Å². The summed E-state index contributed by atoms with van der Waals surface area (Å²) >= 11 is 0. The van der Waals surface area contributed by atoms with Crippen molar-refractivity contribution in [2.45, 2.75) is 10.9 Å². The molecule has 0 saturated heterocycles. The highest BCUT2D eigenvalue weighted by molar-refractivity contribution is 7.89. The number of phenolic OH excluding ortho intramolecular Hbond substituents is 1. The molecule has 0 aliphatic rings. The molecule has 0 aliphatic heterocycles. The maximum absolute atomic E-state index is 11.5. The number of hydrogen-bond acceptors (Lipinski definition) is 5. The first-order chi connectivity index (χ1) is 13.9. The lowest BCUT2D eigenvalue weighted by Gasteiger charge is -2.22. The van der Waals surface area contributed by atoms with E-state index < -0.39 is 10.0 Å². The second kappa shape index (κ2) is 7.54. The van der Waals surface area contributed by atoms with Crippen LogP contribution in [-0.2, 0) is 10.0 Å². The van der Waals surface area contributed by atoms with Crippen molar-refractivity contribution in [3.63, 3.8) is 0 Å². The van der Waals surface area contributed by atoms with Gasteiger partial charge in [0.1, 0.15) is 11.3 Å². The molecule has 1 unspecified atom stereocenters. The molecule has 29 heavy (non-hydrogen) atoms. The van der Waals surface area contributed by atoms with Gasteiger partial charge in [0.05, 0.1) is 10.9 Å². The molecule has 0 amide bonds. The first kappa shape index (κ1) is 18.9. The summed E-state index contributed by atoms with van der Waals surface area (Å²) in [7, 11) is -3.76. The quantitative estimate of drug-likeness (QED) is 0.468. The van der Waals surface area contributed by atoms with Crippen LogP contribution in [0, 0.1) is 0 Å². The first-order valence-electron chi connectivity index (χ1n) is 8.94. The van der Waals surface area contributed by atoms with Crippen LogP contribution < -0.4 is 10.5 Å². The zero-order valence-electron chi connectivity index (χ0n) is 15.4. The topological polar surface area (TPSA) is 105 Å². The molecule has 0 bridgehead atoms. The van der Waals surface area contributed by atoms with Gasteiger partial charge in [0.2, 0.25) is 10.0 Å². The smallest absolute Gasteiger partial charge is 0.238 e. The third kappa shape index (κ3) is 3.91. The minimum Gasteiger partial charge on any atom is -0.505 e. The number of nitrogens with zero attached hydrogens (tertiary/aromatic N) is 1. The number of primary sulfonamides is 1. The number of fused-ring (bicyclic) bond motifs is 1. The van der Waals surface area contributed by atoms with Crippen molar-refractivity contribution in [3.05, 3.63) is 96.2 Å². The molecule has 7 heteroatoms. The molecule has 0 spiro atoms. The molecule has 4 aromatic rings. The Morgan fingerprint density at radius 3 is 2.31 bits per heavy atom. The van der Waals surface area contributed by atoms with Crippen LogP contribution in [0.15, 0.2) is 90.0 Å². The van der Waals surface area contributed by atoms with Crippen LogP contribution in [0.1, 0.15) is 17.2 Å². The van der Waals surface area contributed by atoms with Gasteiger partial charge in [-0.1, -0.05) is 48.5 Å². The Bertz CT molecular complexity index is 1260. The number of nitrogens with one attached hydrogen (secondary N) is 1. The average molecular weight is 405 g/mol. The number of rotatable bonds is 5. The molecular formula is C22H19N3O3S. The zero-order chi connectivity index (χ0) is 20.4. The van der Waals surface area contributed by atoms with Crippen LogP contribution in [0.3, 0.4) is 0 Å². The van der Waals surface area contributed by atoms with Gasteiger partial charge in [0.25, 0.3) is 0 Å². The van der Waals surface area contributed by atoms with Crippen molar-refractivity contribution >= 4 is 26.6 Å². The van der Waals surface area contributed by atoms with Crippen LogP contribution in [0.5, 0.6) is 5.75 Å². The van der Waals surface area contributed by atoms with Crippen molar-refractivity contribution in [2.24, 2.45) is 5.14 Å². The molecule has 6 nitrogen and oxygen atoms in total. The summed E-state index contributed by atoms with van der Waals surface area (Å²) < 4.78 is 23.0. The molecular weight excluding hydrogens is 386 g/mol. The van der Waals surface area contributed by atoms with Crippen LogP contribution >= 0.6 is 0 Å². The van der Waals surface area contributed by atoms with E-state index in [2.05, 4.69) is 10.3 Å². The second-order valence-electron chi connectivity index (χ2n) is 6.64. The Morgan fingerprint density at radius 1 is 0.897 bits per heavy atom. The fourth-order valence-electron chi connectivity index (χ4n) is 3.27. The highest BCUT2D eigenvalue weighted by atomic mass is 32.2. The van der Waals surface area contributed by atoms with Gasteiger partial charge in [-0.3, -0.25) is 4.98 Å². The van der Waals surface area contributed by atoms with Gasteiger partial charge in [-0.2, -0.15) is 0 Å². The predicted octanol–water partition coefficient (Wildman–Crippen LogP) is 3.79. The van der Waals surface area contributed by atoms with Crippen molar-refractivity contribution < 1.29 is 13.5 Å².